The Morgan fingerprint density at radius 1 is 1.25 bits per heavy atom. The maximum Gasteiger partial charge on any atom is 0.0909 e. The summed E-state index contributed by atoms with van der Waals surface area (Å²) in [5, 5.41) is 13.4. The van der Waals surface area contributed by atoms with E-state index in [4.69, 9.17) is 0 Å². The molecule has 1 rings (SSSR count). The van der Waals surface area contributed by atoms with Gasteiger partial charge in [0.25, 0.3) is 0 Å². The van der Waals surface area contributed by atoms with Gasteiger partial charge in [-0.3, -0.25) is 0 Å². The molecule has 3 heteroatoms. The average Bonchev–Trinajstić information content (AvgIpc) is 2.64. The third-order valence-corrected chi connectivity index (χ3v) is 3.43. The van der Waals surface area contributed by atoms with E-state index in [2.05, 4.69) is 24.2 Å². The number of β-amino-alcohol motifs (C(OH)–C–C–N with tert-alkyl or cyclic N) is 1. The predicted octanol–water partition coefficient (Wildman–Crippen LogP) is 1.61. The number of rotatable bonds is 8. The molecule has 0 aromatic rings. The summed E-state index contributed by atoms with van der Waals surface area (Å²) in [6.45, 7) is 5.89. The summed E-state index contributed by atoms with van der Waals surface area (Å²) in [6, 6.07) is 0. The Labute approximate surface area is 100 Å². The number of aliphatic hydroxyl groups is 1. The first-order valence-electron chi connectivity index (χ1n) is 6.78. The molecule has 1 fully saturated rings. The third-order valence-electron chi connectivity index (χ3n) is 3.43. The highest BCUT2D eigenvalue weighted by atomic mass is 16.3. The zero-order valence-corrected chi connectivity index (χ0v) is 11.0. The molecule has 1 saturated heterocycles. The lowest BCUT2D eigenvalue weighted by Gasteiger charge is -2.27. The van der Waals surface area contributed by atoms with Crippen molar-refractivity contribution in [1.82, 2.24) is 10.2 Å². The van der Waals surface area contributed by atoms with Gasteiger partial charge in [0.1, 0.15) is 0 Å². The third kappa shape index (κ3) is 5.28. The maximum atomic E-state index is 10.2. The molecule has 16 heavy (non-hydrogen) atoms. The van der Waals surface area contributed by atoms with Crippen LogP contribution in [-0.4, -0.2) is 48.8 Å². The fourth-order valence-corrected chi connectivity index (χ4v) is 2.43. The molecular formula is C13H28N2O. The van der Waals surface area contributed by atoms with Crippen molar-refractivity contribution in [2.75, 3.05) is 33.2 Å². The number of nitrogens with zero attached hydrogens (tertiary/aromatic N) is 1. The highest BCUT2D eigenvalue weighted by Gasteiger charge is 2.31. The van der Waals surface area contributed by atoms with E-state index in [-0.39, 0.29) is 0 Å². The van der Waals surface area contributed by atoms with Gasteiger partial charge in [-0.15, -0.1) is 0 Å². The van der Waals surface area contributed by atoms with Crippen molar-refractivity contribution in [3.8, 4) is 0 Å². The summed E-state index contributed by atoms with van der Waals surface area (Å²) < 4.78 is 0. The second kappa shape index (κ2) is 7.25. The molecule has 0 bridgehead atoms. The number of hydrogen-bond donors (Lipinski definition) is 2. The van der Waals surface area contributed by atoms with Gasteiger partial charge in [0.05, 0.1) is 5.60 Å². The van der Waals surface area contributed by atoms with Crippen LogP contribution in [0.25, 0.3) is 0 Å². The van der Waals surface area contributed by atoms with Crippen molar-refractivity contribution < 1.29 is 5.11 Å². The molecule has 0 saturated carbocycles. The minimum Gasteiger partial charge on any atom is -0.387 e. The molecule has 0 aromatic carbocycles. The smallest absolute Gasteiger partial charge is 0.0909 e. The number of hydrogen-bond acceptors (Lipinski definition) is 3. The lowest BCUT2D eigenvalue weighted by molar-refractivity contribution is 0.0280. The number of likely N-dealkylation sites (N-methyl/N-ethyl adjacent to an activating group) is 1. The van der Waals surface area contributed by atoms with Gasteiger partial charge in [0, 0.05) is 13.1 Å². The van der Waals surface area contributed by atoms with Crippen molar-refractivity contribution in [1.29, 1.82) is 0 Å². The molecule has 0 spiro atoms. The zero-order valence-electron chi connectivity index (χ0n) is 11.0. The summed E-state index contributed by atoms with van der Waals surface area (Å²) in [5.41, 5.74) is -0.474. The maximum absolute atomic E-state index is 10.2. The van der Waals surface area contributed by atoms with E-state index >= 15 is 0 Å². The van der Waals surface area contributed by atoms with E-state index in [1.165, 1.54) is 32.1 Å². The van der Waals surface area contributed by atoms with E-state index in [1.54, 1.807) is 0 Å². The first-order valence-corrected chi connectivity index (χ1v) is 6.78. The van der Waals surface area contributed by atoms with E-state index in [0.29, 0.717) is 0 Å². The van der Waals surface area contributed by atoms with Crippen LogP contribution in [0.2, 0.25) is 0 Å². The van der Waals surface area contributed by atoms with Crippen LogP contribution in [0.5, 0.6) is 0 Å². The molecule has 1 atom stereocenters. The molecule has 0 radical (unpaired) electrons. The van der Waals surface area contributed by atoms with Crippen molar-refractivity contribution in [2.24, 2.45) is 0 Å². The summed E-state index contributed by atoms with van der Waals surface area (Å²) >= 11 is 0. The minimum absolute atomic E-state index is 0.474. The number of nitrogens with one attached hydrogen (secondary N) is 1. The van der Waals surface area contributed by atoms with E-state index in [1.807, 2.05) is 0 Å². The van der Waals surface area contributed by atoms with Gasteiger partial charge in [-0.2, -0.15) is 0 Å². The highest BCUT2D eigenvalue weighted by molar-refractivity contribution is 4.89. The lowest BCUT2D eigenvalue weighted by atomic mass is 10.0. The second-order valence-electron chi connectivity index (χ2n) is 5.30. The molecular weight excluding hydrogens is 200 g/mol. The number of unbranched alkanes of at least 4 members (excludes halogenated alkanes) is 4. The van der Waals surface area contributed by atoms with Crippen molar-refractivity contribution in [3.63, 3.8) is 0 Å². The van der Waals surface area contributed by atoms with Crippen LogP contribution in [0.4, 0.5) is 0 Å². The van der Waals surface area contributed by atoms with Crippen LogP contribution in [-0.2, 0) is 0 Å². The summed E-state index contributed by atoms with van der Waals surface area (Å²) in [7, 11) is 2.12. The molecule has 1 unspecified atom stereocenters. The molecule has 1 aliphatic rings. The van der Waals surface area contributed by atoms with E-state index in [9.17, 15) is 5.11 Å². The fourth-order valence-electron chi connectivity index (χ4n) is 2.43. The van der Waals surface area contributed by atoms with Gasteiger partial charge in [-0.1, -0.05) is 32.6 Å². The first kappa shape index (κ1) is 13.9. The average molecular weight is 228 g/mol. The van der Waals surface area contributed by atoms with Crippen LogP contribution in [0.1, 0.15) is 45.4 Å². The molecule has 0 aromatic heterocycles. The van der Waals surface area contributed by atoms with Gasteiger partial charge in [0.2, 0.25) is 0 Å². The lowest BCUT2D eigenvalue weighted by Crippen LogP contribution is -2.43. The normalized spacial score (nSPS) is 25.5. The Balaban J connectivity index is 2.04. The molecule has 1 aliphatic heterocycles. The quantitative estimate of drug-likeness (QED) is 0.620. The molecule has 1 heterocycles. The molecule has 2 N–H and O–H groups in total. The Morgan fingerprint density at radius 3 is 2.62 bits per heavy atom. The van der Waals surface area contributed by atoms with Gasteiger partial charge in [-0.05, 0) is 33.0 Å². The Kier molecular flexibility index (Phi) is 6.32. The van der Waals surface area contributed by atoms with Gasteiger partial charge in [-0.25, -0.2) is 0 Å². The summed E-state index contributed by atoms with van der Waals surface area (Å²) in [4.78, 5) is 2.28. The Bertz CT molecular complexity index is 179. The van der Waals surface area contributed by atoms with Gasteiger partial charge >= 0.3 is 0 Å². The monoisotopic (exact) mass is 228 g/mol. The van der Waals surface area contributed by atoms with Gasteiger partial charge < -0.3 is 15.3 Å². The topological polar surface area (TPSA) is 35.5 Å². The zero-order chi connectivity index (χ0) is 11.9. The fraction of sp³-hybridized carbons (Fsp3) is 1.00. The van der Waals surface area contributed by atoms with Gasteiger partial charge in [0.15, 0.2) is 0 Å². The van der Waals surface area contributed by atoms with Crippen molar-refractivity contribution in [2.45, 2.75) is 51.0 Å². The van der Waals surface area contributed by atoms with E-state index < -0.39 is 5.60 Å². The molecule has 0 amide bonds. The molecule has 96 valence electrons. The Morgan fingerprint density at radius 2 is 2.00 bits per heavy atom. The summed E-state index contributed by atoms with van der Waals surface area (Å²) in [6.07, 6.45) is 7.51. The standard InChI is InChI=1S/C13H28N2O/c1-3-4-5-6-7-10-15(2)12-13(16)8-9-14-11-13/h14,16H,3-12H2,1-2H3. The van der Waals surface area contributed by atoms with E-state index in [0.717, 1.165) is 32.6 Å². The minimum atomic E-state index is -0.474. The van der Waals surface area contributed by atoms with Crippen molar-refractivity contribution >= 4 is 0 Å². The highest BCUT2D eigenvalue weighted by Crippen LogP contribution is 2.15. The Hall–Kier alpha value is -0.120. The predicted molar refractivity (Wildman–Crippen MR) is 68.7 cm³/mol. The van der Waals surface area contributed by atoms with Crippen molar-refractivity contribution in [3.05, 3.63) is 0 Å². The van der Waals surface area contributed by atoms with Crippen LogP contribution in [0.3, 0.4) is 0 Å². The second-order valence-corrected chi connectivity index (χ2v) is 5.30. The largest absolute Gasteiger partial charge is 0.387 e. The molecule has 0 aliphatic carbocycles. The SMILES string of the molecule is CCCCCCCN(C)CC1(O)CCNC1. The van der Waals surface area contributed by atoms with Crippen LogP contribution < -0.4 is 5.32 Å². The molecule has 3 nitrogen and oxygen atoms in total. The van der Waals surface area contributed by atoms with Crippen LogP contribution >= 0.6 is 0 Å². The van der Waals surface area contributed by atoms with Crippen LogP contribution in [0, 0.1) is 0 Å². The van der Waals surface area contributed by atoms with Crippen LogP contribution in [0.15, 0.2) is 0 Å². The first-order chi connectivity index (χ1) is 7.66. The summed E-state index contributed by atoms with van der Waals surface area (Å²) in [5.74, 6) is 0.